The molecular formula is C20H19Cl2N3. The lowest BCUT2D eigenvalue weighted by Gasteiger charge is -2.06. The summed E-state index contributed by atoms with van der Waals surface area (Å²) < 4.78 is 2.23. The third-order valence-corrected chi connectivity index (χ3v) is 4.90. The lowest BCUT2D eigenvalue weighted by molar-refractivity contribution is 0.748. The van der Waals surface area contributed by atoms with Crippen molar-refractivity contribution in [3.8, 4) is 0 Å². The molecule has 0 fully saturated rings. The summed E-state index contributed by atoms with van der Waals surface area (Å²) in [6.45, 7) is 7.18. The molecule has 3 aromatic rings. The zero-order valence-corrected chi connectivity index (χ0v) is 15.5. The molecule has 0 aliphatic heterocycles. The van der Waals surface area contributed by atoms with E-state index in [0.717, 1.165) is 23.4 Å². The number of halogens is 2. The maximum atomic E-state index is 6.18. The number of para-hydroxylation sites is 1. The number of hydrazone groups is 1. The highest BCUT2D eigenvalue weighted by atomic mass is 35.5. The second-order valence-corrected chi connectivity index (χ2v) is 6.52. The first-order valence-electron chi connectivity index (χ1n) is 8.01. The van der Waals surface area contributed by atoms with Crippen LogP contribution in [0.25, 0.3) is 10.9 Å². The van der Waals surface area contributed by atoms with E-state index in [4.69, 9.17) is 23.2 Å². The molecule has 5 heteroatoms. The van der Waals surface area contributed by atoms with E-state index in [1.807, 2.05) is 42.6 Å². The summed E-state index contributed by atoms with van der Waals surface area (Å²) in [6, 6.07) is 13.8. The minimum absolute atomic E-state index is 0.472. The minimum atomic E-state index is 0.472. The molecule has 0 atom stereocenters. The van der Waals surface area contributed by atoms with E-state index in [0.29, 0.717) is 16.6 Å². The third kappa shape index (κ3) is 3.58. The standard InChI is InChI=1S/C20H19Cl2N3/c1-3-11-25-14(2)16(15-7-4-5-10-20(15)25)12-23-24-13-17-18(21)8-6-9-19(17)22/h3-10,12,24H,1,11,13H2,2H3/b23-12+. The zero-order valence-electron chi connectivity index (χ0n) is 14.0. The maximum Gasteiger partial charge on any atom is 0.0609 e. The van der Waals surface area contributed by atoms with Crippen molar-refractivity contribution in [2.24, 2.45) is 5.10 Å². The normalized spacial score (nSPS) is 11.3. The molecule has 3 rings (SSSR count). The van der Waals surface area contributed by atoms with Gasteiger partial charge in [-0.3, -0.25) is 0 Å². The van der Waals surface area contributed by atoms with Crippen molar-refractivity contribution < 1.29 is 0 Å². The quantitative estimate of drug-likeness (QED) is 0.342. The van der Waals surface area contributed by atoms with E-state index < -0.39 is 0 Å². The Hall–Kier alpha value is -2.23. The average molecular weight is 372 g/mol. The fourth-order valence-electron chi connectivity index (χ4n) is 2.92. The van der Waals surface area contributed by atoms with Gasteiger partial charge in [0.05, 0.1) is 12.8 Å². The van der Waals surface area contributed by atoms with Crippen LogP contribution in [0.15, 0.2) is 60.2 Å². The van der Waals surface area contributed by atoms with Crippen molar-refractivity contribution in [3.05, 3.63) is 82.0 Å². The molecule has 0 aliphatic rings. The van der Waals surface area contributed by atoms with Crippen LogP contribution in [0.3, 0.4) is 0 Å². The summed E-state index contributed by atoms with van der Waals surface area (Å²) in [5, 5.41) is 6.81. The Kier molecular flexibility index (Phi) is 5.47. The topological polar surface area (TPSA) is 29.3 Å². The molecule has 1 N–H and O–H groups in total. The van der Waals surface area contributed by atoms with Crippen molar-refractivity contribution >= 4 is 40.3 Å². The van der Waals surface area contributed by atoms with E-state index in [-0.39, 0.29) is 0 Å². The van der Waals surface area contributed by atoms with Crippen LogP contribution in [0.4, 0.5) is 0 Å². The van der Waals surface area contributed by atoms with E-state index in [1.165, 1.54) is 10.9 Å². The molecule has 0 saturated carbocycles. The molecule has 0 bridgehead atoms. The van der Waals surface area contributed by atoms with Crippen LogP contribution in [-0.4, -0.2) is 10.8 Å². The van der Waals surface area contributed by atoms with Gasteiger partial charge >= 0.3 is 0 Å². The van der Waals surface area contributed by atoms with Gasteiger partial charge in [0.25, 0.3) is 0 Å². The molecule has 2 aromatic carbocycles. The highest BCUT2D eigenvalue weighted by Crippen LogP contribution is 2.25. The van der Waals surface area contributed by atoms with Gasteiger partial charge in [0.15, 0.2) is 0 Å². The zero-order chi connectivity index (χ0) is 17.8. The lowest BCUT2D eigenvalue weighted by Crippen LogP contribution is -2.07. The molecule has 25 heavy (non-hydrogen) atoms. The van der Waals surface area contributed by atoms with Gasteiger partial charge in [-0.05, 0) is 25.1 Å². The van der Waals surface area contributed by atoms with Crippen LogP contribution in [0.1, 0.15) is 16.8 Å². The smallest absolute Gasteiger partial charge is 0.0609 e. The number of hydrogen-bond donors (Lipinski definition) is 1. The summed E-state index contributed by atoms with van der Waals surface area (Å²) >= 11 is 12.4. The molecular weight excluding hydrogens is 353 g/mol. The van der Waals surface area contributed by atoms with Gasteiger partial charge < -0.3 is 9.99 Å². The van der Waals surface area contributed by atoms with Crippen molar-refractivity contribution in [1.29, 1.82) is 0 Å². The van der Waals surface area contributed by atoms with E-state index in [9.17, 15) is 0 Å². The minimum Gasteiger partial charge on any atom is -0.340 e. The Labute approximate surface area is 157 Å². The summed E-state index contributed by atoms with van der Waals surface area (Å²) in [7, 11) is 0. The lowest BCUT2D eigenvalue weighted by atomic mass is 10.1. The summed E-state index contributed by atoms with van der Waals surface area (Å²) in [5.74, 6) is 0. The van der Waals surface area contributed by atoms with Gasteiger partial charge in [-0.15, -0.1) is 6.58 Å². The molecule has 1 heterocycles. The maximum absolute atomic E-state index is 6.18. The van der Waals surface area contributed by atoms with Crippen LogP contribution in [-0.2, 0) is 13.1 Å². The second kappa shape index (κ2) is 7.77. The second-order valence-electron chi connectivity index (χ2n) is 5.71. The van der Waals surface area contributed by atoms with Crippen molar-refractivity contribution in [3.63, 3.8) is 0 Å². The van der Waals surface area contributed by atoms with Crippen LogP contribution in [0, 0.1) is 6.92 Å². The fourth-order valence-corrected chi connectivity index (χ4v) is 3.45. The van der Waals surface area contributed by atoms with Crippen LogP contribution in [0.5, 0.6) is 0 Å². The Balaban J connectivity index is 1.84. The van der Waals surface area contributed by atoms with Crippen LogP contribution < -0.4 is 5.43 Å². The average Bonchev–Trinajstić information content (AvgIpc) is 2.87. The van der Waals surface area contributed by atoms with Crippen molar-refractivity contribution in [1.82, 2.24) is 9.99 Å². The highest BCUT2D eigenvalue weighted by molar-refractivity contribution is 6.35. The van der Waals surface area contributed by atoms with Gasteiger partial charge in [-0.1, -0.05) is 53.5 Å². The molecule has 0 saturated heterocycles. The Morgan fingerprint density at radius 3 is 2.56 bits per heavy atom. The summed E-state index contributed by atoms with van der Waals surface area (Å²) in [6.07, 6.45) is 3.75. The van der Waals surface area contributed by atoms with E-state index >= 15 is 0 Å². The number of nitrogens with one attached hydrogen (secondary N) is 1. The molecule has 3 nitrogen and oxygen atoms in total. The molecule has 1 aromatic heterocycles. The van der Waals surface area contributed by atoms with Crippen molar-refractivity contribution in [2.75, 3.05) is 0 Å². The van der Waals surface area contributed by atoms with E-state index in [1.54, 1.807) is 0 Å². The largest absolute Gasteiger partial charge is 0.340 e. The predicted molar refractivity (Wildman–Crippen MR) is 108 cm³/mol. The molecule has 0 radical (unpaired) electrons. The first-order chi connectivity index (χ1) is 12.1. The molecule has 0 amide bonds. The highest BCUT2D eigenvalue weighted by Gasteiger charge is 2.11. The van der Waals surface area contributed by atoms with Gasteiger partial charge in [0.1, 0.15) is 0 Å². The number of benzene rings is 2. The number of allylic oxidation sites excluding steroid dienone is 1. The number of nitrogens with zero attached hydrogens (tertiary/aromatic N) is 2. The van der Waals surface area contributed by atoms with Gasteiger partial charge in [0.2, 0.25) is 0 Å². The first kappa shape index (κ1) is 17.6. The SMILES string of the molecule is C=CCn1c(C)c(/C=N/NCc2c(Cl)cccc2Cl)c2ccccc21. The van der Waals surface area contributed by atoms with Crippen LogP contribution in [0.2, 0.25) is 10.0 Å². The number of hydrogen-bond acceptors (Lipinski definition) is 2. The fraction of sp³-hybridized carbons (Fsp3) is 0.150. The van der Waals surface area contributed by atoms with Gasteiger partial charge in [-0.25, -0.2) is 0 Å². The van der Waals surface area contributed by atoms with Crippen molar-refractivity contribution in [2.45, 2.75) is 20.0 Å². The van der Waals surface area contributed by atoms with Crippen LogP contribution >= 0.6 is 23.2 Å². The number of fused-ring (bicyclic) bond motifs is 1. The molecule has 0 aliphatic carbocycles. The number of aromatic nitrogens is 1. The Morgan fingerprint density at radius 1 is 1.12 bits per heavy atom. The molecule has 0 spiro atoms. The van der Waals surface area contributed by atoms with Gasteiger partial charge in [0, 0.05) is 44.3 Å². The monoisotopic (exact) mass is 371 g/mol. The summed E-state index contributed by atoms with van der Waals surface area (Å²) in [5.41, 5.74) is 7.30. The molecule has 128 valence electrons. The Morgan fingerprint density at radius 2 is 1.84 bits per heavy atom. The molecule has 0 unspecified atom stereocenters. The predicted octanol–water partition coefficient (Wildman–Crippen LogP) is 5.57. The first-order valence-corrected chi connectivity index (χ1v) is 8.76. The third-order valence-electron chi connectivity index (χ3n) is 4.19. The Bertz CT molecular complexity index is 921. The summed E-state index contributed by atoms with van der Waals surface area (Å²) in [4.78, 5) is 0. The van der Waals surface area contributed by atoms with E-state index in [2.05, 4.69) is 40.7 Å². The number of rotatable bonds is 6. The van der Waals surface area contributed by atoms with Gasteiger partial charge in [-0.2, -0.15) is 5.10 Å².